The van der Waals surface area contributed by atoms with Gasteiger partial charge in [-0.1, -0.05) is 0 Å². The minimum Gasteiger partial charge on any atom is -0.318 e. The molecule has 0 atom stereocenters. The number of carbonyl (C=O) groups is 1. The summed E-state index contributed by atoms with van der Waals surface area (Å²) in [5, 5.41) is 13.4. The van der Waals surface area contributed by atoms with Crippen molar-refractivity contribution in [2.24, 2.45) is 0 Å². The molecule has 2 heterocycles. The summed E-state index contributed by atoms with van der Waals surface area (Å²) in [6.45, 7) is 0. The quantitative estimate of drug-likeness (QED) is 0.775. The van der Waals surface area contributed by atoms with E-state index in [0.29, 0.717) is 17.1 Å². The van der Waals surface area contributed by atoms with Gasteiger partial charge in [-0.25, -0.2) is 13.5 Å². The van der Waals surface area contributed by atoms with Crippen LogP contribution in [0.1, 0.15) is 28.2 Å². The molecule has 122 valence electrons. The Hall–Kier alpha value is -3.03. The summed E-state index contributed by atoms with van der Waals surface area (Å²) < 4.78 is 28.2. The molecule has 3 aromatic rings. The number of nitrogens with one attached hydrogen (secondary N) is 2. The lowest BCUT2D eigenvalue weighted by molar-refractivity contribution is 0.102. The Morgan fingerprint density at radius 1 is 1.25 bits per heavy atom. The predicted octanol–water partition coefficient (Wildman–Crippen LogP) is 2.61. The molecule has 1 amide bonds. The van der Waals surface area contributed by atoms with Crippen LogP contribution in [-0.4, -0.2) is 25.9 Å². The Morgan fingerprint density at radius 3 is 2.88 bits per heavy atom. The zero-order valence-corrected chi connectivity index (χ0v) is 12.5. The maximum atomic E-state index is 13.5. The molecule has 0 spiro atoms. The number of carbonyl (C=O) groups excluding carboxylic acids is 1. The van der Waals surface area contributed by atoms with Gasteiger partial charge in [0.15, 0.2) is 17.3 Å². The fourth-order valence-corrected chi connectivity index (χ4v) is 2.96. The van der Waals surface area contributed by atoms with Crippen LogP contribution in [0.2, 0.25) is 0 Å². The standard InChI is InChI=1S/C16H13F2N5O/c17-12-5-4-10(6-13(12)18)23-14-3-1-2-11(14)15(22-23)16(24)21-9-7-19-20-8-9/h4-8H,1-3H2,(H,19,20)(H,21,24). The molecule has 4 rings (SSSR count). The van der Waals surface area contributed by atoms with Crippen molar-refractivity contribution in [1.29, 1.82) is 0 Å². The van der Waals surface area contributed by atoms with Crippen molar-refractivity contribution in [2.75, 3.05) is 5.32 Å². The minimum absolute atomic E-state index is 0.299. The van der Waals surface area contributed by atoms with Crippen molar-refractivity contribution >= 4 is 11.6 Å². The summed E-state index contributed by atoms with van der Waals surface area (Å²) in [6, 6.07) is 3.58. The van der Waals surface area contributed by atoms with Crippen LogP contribution in [-0.2, 0) is 12.8 Å². The fraction of sp³-hybridized carbons (Fsp3) is 0.188. The smallest absolute Gasteiger partial charge is 0.276 e. The van der Waals surface area contributed by atoms with Crippen molar-refractivity contribution in [1.82, 2.24) is 20.0 Å². The number of H-pyrrole nitrogens is 1. The van der Waals surface area contributed by atoms with Gasteiger partial charge in [0, 0.05) is 23.5 Å². The van der Waals surface area contributed by atoms with E-state index in [0.717, 1.165) is 42.7 Å². The average molecular weight is 329 g/mol. The summed E-state index contributed by atoms with van der Waals surface area (Å²) in [6.07, 6.45) is 5.41. The second-order valence-corrected chi connectivity index (χ2v) is 5.58. The highest BCUT2D eigenvalue weighted by Gasteiger charge is 2.27. The minimum atomic E-state index is -0.945. The largest absolute Gasteiger partial charge is 0.318 e. The molecule has 8 heteroatoms. The number of benzene rings is 1. The molecule has 24 heavy (non-hydrogen) atoms. The van der Waals surface area contributed by atoms with Gasteiger partial charge in [-0.05, 0) is 31.4 Å². The van der Waals surface area contributed by atoms with Crippen molar-refractivity contribution in [3.05, 3.63) is 59.2 Å². The molecule has 0 fully saturated rings. The van der Waals surface area contributed by atoms with Crippen molar-refractivity contribution in [2.45, 2.75) is 19.3 Å². The van der Waals surface area contributed by atoms with Gasteiger partial charge in [-0.2, -0.15) is 10.2 Å². The van der Waals surface area contributed by atoms with E-state index in [4.69, 9.17) is 0 Å². The van der Waals surface area contributed by atoms with Gasteiger partial charge < -0.3 is 5.32 Å². The van der Waals surface area contributed by atoms with E-state index in [1.807, 2.05) is 0 Å². The van der Waals surface area contributed by atoms with E-state index >= 15 is 0 Å². The van der Waals surface area contributed by atoms with E-state index in [9.17, 15) is 13.6 Å². The number of anilines is 1. The van der Waals surface area contributed by atoms with Crippen LogP contribution in [0.4, 0.5) is 14.5 Å². The van der Waals surface area contributed by atoms with E-state index in [1.165, 1.54) is 16.9 Å². The maximum absolute atomic E-state index is 13.5. The lowest BCUT2D eigenvalue weighted by atomic mass is 10.2. The third kappa shape index (κ3) is 2.36. The average Bonchev–Trinajstić information content (AvgIpc) is 3.26. The number of nitrogens with zero attached hydrogens (tertiary/aromatic N) is 3. The summed E-state index contributed by atoms with van der Waals surface area (Å²) in [7, 11) is 0. The van der Waals surface area contributed by atoms with E-state index < -0.39 is 11.6 Å². The fourth-order valence-electron chi connectivity index (χ4n) is 2.96. The van der Waals surface area contributed by atoms with Gasteiger partial charge in [-0.3, -0.25) is 9.89 Å². The van der Waals surface area contributed by atoms with Gasteiger partial charge >= 0.3 is 0 Å². The zero-order chi connectivity index (χ0) is 16.7. The first-order valence-electron chi connectivity index (χ1n) is 7.50. The number of aromatic nitrogens is 4. The highest BCUT2D eigenvalue weighted by atomic mass is 19.2. The molecule has 2 N–H and O–H groups in total. The van der Waals surface area contributed by atoms with Gasteiger partial charge in [-0.15, -0.1) is 0 Å². The molecule has 0 bridgehead atoms. The molecule has 0 radical (unpaired) electrons. The van der Waals surface area contributed by atoms with Gasteiger partial charge in [0.2, 0.25) is 0 Å². The summed E-state index contributed by atoms with van der Waals surface area (Å²) >= 11 is 0. The first-order valence-corrected chi connectivity index (χ1v) is 7.50. The molecule has 1 aliphatic rings. The molecule has 0 saturated heterocycles. The number of rotatable bonds is 3. The van der Waals surface area contributed by atoms with E-state index in [2.05, 4.69) is 20.6 Å². The molecule has 6 nitrogen and oxygen atoms in total. The van der Waals surface area contributed by atoms with Gasteiger partial charge in [0.1, 0.15) is 0 Å². The first kappa shape index (κ1) is 14.6. The lowest BCUT2D eigenvalue weighted by Crippen LogP contribution is -2.14. The second-order valence-electron chi connectivity index (χ2n) is 5.58. The molecular weight excluding hydrogens is 316 g/mol. The highest BCUT2D eigenvalue weighted by molar-refractivity contribution is 6.04. The van der Waals surface area contributed by atoms with Crippen LogP contribution in [0.15, 0.2) is 30.6 Å². The van der Waals surface area contributed by atoms with Gasteiger partial charge in [0.05, 0.1) is 17.6 Å². The topological polar surface area (TPSA) is 75.6 Å². The van der Waals surface area contributed by atoms with Crippen LogP contribution in [0, 0.1) is 11.6 Å². The number of halogens is 2. The number of fused-ring (bicyclic) bond motifs is 1. The summed E-state index contributed by atoms with van der Waals surface area (Å²) in [5.74, 6) is -2.21. The molecule has 2 aromatic heterocycles. The number of hydrogen-bond donors (Lipinski definition) is 2. The predicted molar refractivity (Wildman–Crippen MR) is 82.0 cm³/mol. The van der Waals surface area contributed by atoms with Crippen molar-refractivity contribution in [3.63, 3.8) is 0 Å². The van der Waals surface area contributed by atoms with Gasteiger partial charge in [0.25, 0.3) is 5.91 Å². The zero-order valence-electron chi connectivity index (χ0n) is 12.5. The summed E-state index contributed by atoms with van der Waals surface area (Å²) in [5.41, 5.74) is 2.94. The van der Waals surface area contributed by atoms with Crippen molar-refractivity contribution < 1.29 is 13.6 Å². The number of amides is 1. The molecule has 1 aliphatic carbocycles. The second kappa shape index (κ2) is 5.55. The SMILES string of the molecule is O=C(Nc1cn[nH]c1)c1nn(-c2ccc(F)c(F)c2)c2c1CCC2. The maximum Gasteiger partial charge on any atom is 0.276 e. The van der Waals surface area contributed by atoms with Crippen LogP contribution >= 0.6 is 0 Å². The van der Waals surface area contributed by atoms with Crippen molar-refractivity contribution in [3.8, 4) is 5.69 Å². The van der Waals surface area contributed by atoms with Crippen LogP contribution < -0.4 is 5.32 Å². The Bertz CT molecular complexity index is 917. The monoisotopic (exact) mass is 329 g/mol. The third-order valence-corrected chi connectivity index (χ3v) is 4.05. The molecule has 0 unspecified atom stereocenters. The first-order chi connectivity index (χ1) is 11.6. The van der Waals surface area contributed by atoms with Crippen LogP contribution in [0.25, 0.3) is 5.69 Å². The third-order valence-electron chi connectivity index (χ3n) is 4.05. The van der Waals surface area contributed by atoms with Crippen LogP contribution in [0.5, 0.6) is 0 Å². The number of aromatic amines is 1. The van der Waals surface area contributed by atoms with Crippen LogP contribution in [0.3, 0.4) is 0 Å². The Balaban J connectivity index is 1.74. The molecular formula is C16H13F2N5O. The normalized spacial score (nSPS) is 13.1. The molecule has 1 aromatic carbocycles. The highest BCUT2D eigenvalue weighted by Crippen LogP contribution is 2.28. The lowest BCUT2D eigenvalue weighted by Gasteiger charge is -2.06. The Kier molecular flexibility index (Phi) is 3.37. The summed E-state index contributed by atoms with van der Waals surface area (Å²) in [4.78, 5) is 12.5. The molecule has 0 aliphatic heterocycles. The van der Waals surface area contributed by atoms with E-state index in [1.54, 1.807) is 6.20 Å². The molecule has 0 saturated carbocycles. The Morgan fingerprint density at radius 2 is 2.12 bits per heavy atom. The number of hydrogen-bond acceptors (Lipinski definition) is 3. The Labute approximate surface area is 135 Å². The van der Waals surface area contributed by atoms with E-state index in [-0.39, 0.29) is 5.91 Å².